The number of aryl methyl sites for hydroxylation is 2. The first-order chi connectivity index (χ1) is 8.15. The van der Waals surface area contributed by atoms with E-state index in [2.05, 4.69) is 64.1 Å². The van der Waals surface area contributed by atoms with Crippen molar-refractivity contribution in [3.8, 4) is 11.1 Å². The molecule has 0 unspecified atom stereocenters. The summed E-state index contributed by atoms with van der Waals surface area (Å²) in [5, 5.41) is 0. The molecule has 0 bridgehead atoms. The number of hydrogen-bond donors (Lipinski definition) is 0. The van der Waals surface area contributed by atoms with Crippen molar-refractivity contribution in [1.29, 1.82) is 0 Å². The SMILES string of the molecule is CCc1cccc(-c2cccc(C)c2C)c1C. The minimum Gasteiger partial charge on any atom is -0.0614 e. The van der Waals surface area contributed by atoms with E-state index in [0.717, 1.165) is 6.42 Å². The van der Waals surface area contributed by atoms with E-state index in [1.807, 2.05) is 0 Å². The Morgan fingerprint density at radius 1 is 0.765 bits per heavy atom. The van der Waals surface area contributed by atoms with E-state index in [4.69, 9.17) is 0 Å². The van der Waals surface area contributed by atoms with Gasteiger partial charge in [-0.3, -0.25) is 0 Å². The summed E-state index contributed by atoms with van der Waals surface area (Å²) < 4.78 is 0. The molecule has 0 amide bonds. The van der Waals surface area contributed by atoms with Gasteiger partial charge in [0.05, 0.1) is 0 Å². The first kappa shape index (κ1) is 11.9. The van der Waals surface area contributed by atoms with E-state index in [0.29, 0.717) is 0 Å². The van der Waals surface area contributed by atoms with Crippen molar-refractivity contribution in [2.45, 2.75) is 34.1 Å². The normalized spacial score (nSPS) is 10.6. The lowest BCUT2D eigenvalue weighted by Gasteiger charge is -2.14. The summed E-state index contributed by atoms with van der Waals surface area (Å²) in [6.07, 6.45) is 1.10. The summed E-state index contributed by atoms with van der Waals surface area (Å²) >= 11 is 0. The van der Waals surface area contributed by atoms with Crippen LogP contribution in [0.15, 0.2) is 36.4 Å². The molecule has 0 saturated heterocycles. The van der Waals surface area contributed by atoms with Gasteiger partial charge in [-0.25, -0.2) is 0 Å². The van der Waals surface area contributed by atoms with E-state index in [9.17, 15) is 0 Å². The third-order valence-corrected chi connectivity index (χ3v) is 3.72. The van der Waals surface area contributed by atoms with Gasteiger partial charge < -0.3 is 0 Å². The maximum Gasteiger partial charge on any atom is -0.0149 e. The lowest BCUT2D eigenvalue weighted by molar-refractivity contribution is 1.11. The average Bonchev–Trinajstić information content (AvgIpc) is 2.33. The van der Waals surface area contributed by atoms with Crippen molar-refractivity contribution in [3.63, 3.8) is 0 Å². The maximum atomic E-state index is 2.23. The molecule has 0 heteroatoms. The lowest BCUT2D eigenvalue weighted by Crippen LogP contribution is -1.93. The molecule has 0 N–H and O–H groups in total. The molecule has 2 rings (SSSR count). The van der Waals surface area contributed by atoms with Gasteiger partial charge in [-0.1, -0.05) is 43.3 Å². The van der Waals surface area contributed by atoms with Crippen molar-refractivity contribution in [2.24, 2.45) is 0 Å². The van der Waals surface area contributed by atoms with E-state index >= 15 is 0 Å². The molecule has 2 aromatic rings. The van der Waals surface area contributed by atoms with Crippen LogP contribution in [0.2, 0.25) is 0 Å². The van der Waals surface area contributed by atoms with E-state index < -0.39 is 0 Å². The molecular formula is C17H20. The standard InChI is InChI=1S/C17H20/c1-5-15-9-7-11-17(14(15)4)16-10-6-8-12(2)13(16)3/h6-11H,5H2,1-4H3. The zero-order valence-electron chi connectivity index (χ0n) is 11.2. The summed E-state index contributed by atoms with van der Waals surface area (Å²) in [6, 6.07) is 13.2. The van der Waals surface area contributed by atoms with Gasteiger partial charge in [-0.15, -0.1) is 0 Å². The second-order valence-electron chi connectivity index (χ2n) is 4.69. The Morgan fingerprint density at radius 3 is 2.00 bits per heavy atom. The monoisotopic (exact) mass is 224 g/mol. The molecule has 0 aliphatic heterocycles. The van der Waals surface area contributed by atoms with Crippen LogP contribution in [0.4, 0.5) is 0 Å². The largest absolute Gasteiger partial charge is 0.0614 e. The quantitative estimate of drug-likeness (QED) is 0.684. The van der Waals surface area contributed by atoms with Crippen LogP contribution in [0.3, 0.4) is 0 Å². The highest BCUT2D eigenvalue weighted by Gasteiger charge is 2.08. The first-order valence-electron chi connectivity index (χ1n) is 6.30. The summed E-state index contributed by atoms with van der Waals surface area (Å²) in [6.45, 7) is 8.84. The molecule has 0 spiro atoms. The lowest BCUT2D eigenvalue weighted by atomic mass is 9.91. The first-order valence-corrected chi connectivity index (χ1v) is 6.30. The van der Waals surface area contributed by atoms with Gasteiger partial charge in [0.2, 0.25) is 0 Å². The molecule has 0 atom stereocenters. The topological polar surface area (TPSA) is 0 Å². The Kier molecular flexibility index (Phi) is 3.33. The third-order valence-electron chi connectivity index (χ3n) is 3.72. The molecule has 0 saturated carbocycles. The van der Waals surface area contributed by atoms with Crippen LogP contribution in [-0.2, 0) is 6.42 Å². The van der Waals surface area contributed by atoms with Gasteiger partial charge >= 0.3 is 0 Å². The Morgan fingerprint density at radius 2 is 1.35 bits per heavy atom. The van der Waals surface area contributed by atoms with Crippen LogP contribution >= 0.6 is 0 Å². The fraction of sp³-hybridized carbons (Fsp3) is 0.294. The van der Waals surface area contributed by atoms with Gasteiger partial charge in [0.15, 0.2) is 0 Å². The van der Waals surface area contributed by atoms with E-state index in [1.54, 1.807) is 0 Å². The number of benzene rings is 2. The molecule has 0 aliphatic rings. The van der Waals surface area contributed by atoms with E-state index in [-0.39, 0.29) is 0 Å². The minimum atomic E-state index is 1.10. The highest BCUT2D eigenvalue weighted by molar-refractivity contribution is 5.72. The highest BCUT2D eigenvalue weighted by Crippen LogP contribution is 2.29. The molecule has 0 aromatic heterocycles. The summed E-state index contributed by atoms with van der Waals surface area (Å²) in [7, 11) is 0. The van der Waals surface area contributed by atoms with Crippen LogP contribution in [0.5, 0.6) is 0 Å². The molecule has 0 fully saturated rings. The highest BCUT2D eigenvalue weighted by atomic mass is 14.1. The molecule has 0 heterocycles. The average molecular weight is 224 g/mol. The van der Waals surface area contributed by atoms with Gasteiger partial charge in [-0.2, -0.15) is 0 Å². The Hall–Kier alpha value is -1.56. The maximum absolute atomic E-state index is 2.23. The Bertz CT molecular complexity index is 536. The molecule has 2 aromatic carbocycles. The van der Waals surface area contributed by atoms with Crippen molar-refractivity contribution in [3.05, 3.63) is 58.7 Å². The molecule has 0 nitrogen and oxygen atoms in total. The van der Waals surface area contributed by atoms with Crippen molar-refractivity contribution in [2.75, 3.05) is 0 Å². The number of hydrogen-bond acceptors (Lipinski definition) is 0. The third kappa shape index (κ3) is 2.12. The number of rotatable bonds is 2. The van der Waals surface area contributed by atoms with Gasteiger partial charge in [0.25, 0.3) is 0 Å². The second-order valence-corrected chi connectivity index (χ2v) is 4.69. The minimum absolute atomic E-state index is 1.10. The van der Waals surface area contributed by atoms with Crippen LogP contribution in [-0.4, -0.2) is 0 Å². The van der Waals surface area contributed by atoms with Gasteiger partial charge in [0, 0.05) is 0 Å². The fourth-order valence-corrected chi connectivity index (χ4v) is 2.40. The summed E-state index contributed by atoms with van der Waals surface area (Å²) in [5.41, 5.74) is 8.38. The zero-order valence-corrected chi connectivity index (χ0v) is 11.2. The van der Waals surface area contributed by atoms with Crippen molar-refractivity contribution >= 4 is 0 Å². The molecule has 88 valence electrons. The summed E-state index contributed by atoms with van der Waals surface area (Å²) in [5.74, 6) is 0. The van der Waals surface area contributed by atoms with Crippen LogP contribution in [0.25, 0.3) is 11.1 Å². The van der Waals surface area contributed by atoms with Crippen molar-refractivity contribution < 1.29 is 0 Å². The van der Waals surface area contributed by atoms with Crippen LogP contribution in [0, 0.1) is 20.8 Å². The predicted octanol–water partition coefficient (Wildman–Crippen LogP) is 4.84. The second kappa shape index (κ2) is 4.75. The van der Waals surface area contributed by atoms with Gasteiger partial charge in [-0.05, 0) is 60.6 Å². The van der Waals surface area contributed by atoms with Crippen LogP contribution < -0.4 is 0 Å². The molecular weight excluding hydrogens is 204 g/mol. The summed E-state index contributed by atoms with van der Waals surface area (Å²) in [4.78, 5) is 0. The van der Waals surface area contributed by atoms with Crippen molar-refractivity contribution in [1.82, 2.24) is 0 Å². The molecule has 17 heavy (non-hydrogen) atoms. The smallest absolute Gasteiger partial charge is 0.0149 e. The zero-order chi connectivity index (χ0) is 12.4. The van der Waals surface area contributed by atoms with Gasteiger partial charge in [0.1, 0.15) is 0 Å². The van der Waals surface area contributed by atoms with E-state index in [1.165, 1.54) is 33.4 Å². The Labute approximate surface area is 104 Å². The molecule has 0 aliphatic carbocycles. The Balaban J connectivity index is 2.65. The fourth-order valence-electron chi connectivity index (χ4n) is 2.40. The molecule has 0 radical (unpaired) electrons. The predicted molar refractivity (Wildman–Crippen MR) is 75.5 cm³/mol. The van der Waals surface area contributed by atoms with Crippen LogP contribution in [0.1, 0.15) is 29.2 Å².